The number of amides is 2. The van der Waals surface area contributed by atoms with Gasteiger partial charge in [-0.25, -0.2) is 0 Å². The Labute approximate surface area is 148 Å². The van der Waals surface area contributed by atoms with Gasteiger partial charge < -0.3 is 10.2 Å². The number of carbonyl (C=O) groups is 2. The van der Waals surface area contributed by atoms with Gasteiger partial charge in [0.2, 0.25) is 11.8 Å². The molecule has 130 valence electrons. The molecule has 2 heterocycles. The number of hydrogen-bond donors (Lipinski definition) is 1. The fourth-order valence-corrected chi connectivity index (χ4v) is 5.01. The molecule has 5 heteroatoms. The zero-order valence-electron chi connectivity index (χ0n) is 14.5. The normalized spacial score (nSPS) is 25.8. The van der Waals surface area contributed by atoms with E-state index in [1.807, 2.05) is 12.1 Å². The lowest BCUT2D eigenvalue weighted by atomic mass is 10.1. The number of benzene rings is 1. The molecule has 1 aromatic rings. The van der Waals surface area contributed by atoms with Gasteiger partial charge in [0, 0.05) is 17.9 Å². The lowest BCUT2D eigenvalue weighted by Crippen LogP contribution is -2.48. The molecule has 24 heavy (non-hydrogen) atoms. The van der Waals surface area contributed by atoms with Crippen LogP contribution in [0.15, 0.2) is 24.3 Å². The largest absolute Gasteiger partial charge is 0.324 e. The number of unbranched alkanes of at least 4 members (excludes halogenated alkanes) is 2. The molecule has 4 nitrogen and oxygen atoms in total. The van der Waals surface area contributed by atoms with E-state index < -0.39 is 0 Å². The molecule has 2 unspecified atom stereocenters. The van der Waals surface area contributed by atoms with Crippen LogP contribution in [0.3, 0.4) is 0 Å². The van der Waals surface area contributed by atoms with E-state index in [9.17, 15) is 9.59 Å². The first-order valence-electron chi connectivity index (χ1n) is 8.89. The summed E-state index contributed by atoms with van der Waals surface area (Å²) in [5.41, 5.74) is 2.12. The van der Waals surface area contributed by atoms with E-state index in [2.05, 4.69) is 31.3 Å². The van der Waals surface area contributed by atoms with Crippen molar-refractivity contribution in [3.8, 4) is 0 Å². The second-order valence-electron chi connectivity index (χ2n) is 6.91. The van der Waals surface area contributed by atoms with Gasteiger partial charge in [-0.05, 0) is 43.9 Å². The first-order chi connectivity index (χ1) is 11.5. The molecule has 0 spiro atoms. The molecule has 2 aliphatic rings. The third kappa shape index (κ3) is 3.46. The molecular weight excluding hydrogens is 320 g/mol. The molecule has 3 rings (SSSR count). The predicted molar refractivity (Wildman–Crippen MR) is 99.0 cm³/mol. The molecule has 2 aliphatic heterocycles. The van der Waals surface area contributed by atoms with Crippen LogP contribution < -0.4 is 5.32 Å². The van der Waals surface area contributed by atoms with Gasteiger partial charge in [0.15, 0.2) is 0 Å². The number of nitrogens with one attached hydrogen (secondary N) is 1. The SMILES string of the molecule is CCCCCc1ccc(NC(=O)C2CSC3(C)CCC(=O)N23)cc1. The van der Waals surface area contributed by atoms with Crippen LogP contribution in [0.4, 0.5) is 5.69 Å². The average molecular weight is 346 g/mol. The Balaban J connectivity index is 1.60. The molecule has 0 aromatic heterocycles. The Hall–Kier alpha value is -1.49. The molecule has 0 saturated carbocycles. The monoisotopic (exact) mass is 346 g/mol. The lowest BCUT2D eigenvalue weighted by molar-refractivity contribution is -0.135. The van der Waals surface area contributed by atoms with Gasteiger partial charge in [-0.1, -0.05) is 31.9 Å². The van der Waals surface area contributed by atoms with Crippen molar-refractivity contribution in [1.29, 1.82) is 0 Å². The van der Waals surface area contributed by atoms with Crippen molar-refractivity contribution in [3.05, 3.63) is 29.8 Å². The molecule has 1 aromatic carbocycles. The first kappa shape index (κ1) is 17.3. The minimum atomic E-state index is -0.348. The maximum Gasteiger partial charge on any atom is 0.248 e. The maximum absolute atomic E-state index is 12.6. The Bertz CT molecular complexity index is 616. The highest BCUT2D eigenvalue weighted by atomic mass is 32.2. The molecule has 1 N–H and O–H groups in total. The van der Waals surface area contributed by atoms with Crippen LogP contribution in [-0.4, -0.2) is 33.4 Å². The van der Waals surface area contributed by atoms with E-state index in [4.69, 9.17) is 0 Å². The molecule has 0 radical (unpaired) electrons. The van der Waals surface area contributed by atoms with Gasteiger partial charge in [0.1, 0.15) is 6.04 Å². The summed E-state index contributed by atoms with van der Waals surface area (Å²) in [7, 11) is 0. The number of rotatable bonds is 6. The number of aryl methyl sites for hydroxylation is 1. The highest BCUT2D eigenvalue weighted by Gasteiger charge is 2.52. The predicted octanol–water partition coefficient (Wildman–Crippen LogP) is 3.81. The van der Waals surface area contributed by atoms with Crippen molar-refractivity contribution in [2.45, 2.75) is 63.3 Å². The van der Waals surface area contributed by atoms with Crippen LogP contribution in [0.5, 0.6) is 0 Å². The van der Waals surface area contributed by atoms with Gasteiger partial charge in [0.25, 0.3) is 0 Å². The molecule has 2 amide bonds. The van der Waals surface area contributed by atoms with Crippen LogP contribution in [0, 0.1) is 0 Å². The number of fused-ring (bicyclic) bond motifs is 1. The van der Waals surface area contributed by atoms with Crippen LogP contribution in [0.2, 0.25) is 0 Å². The van der Waals surface area contributed by atoms with Crippen LogP contribution in [0.1, 0.15) is 51.5 Å². The molecule has 2 saturated heterocycles. The highest BCUT2D eigenvalue weighted by molar-refractivity contribution is 8.01. The smallest absolute Gasteiger partial charge is 0.248 e. The van der Waals surface area contributed by atoms with E-state index in [0.29, 0.717) is 12.2 Å². The number of carbonyl (C=O) groups excluding carboxylic acids is 2. The fraction of sp³-hybridized carbons (Fsp3) is 0.579. The molecular formula is C19H26N2O2S. The van der Waals surface area contributed by atoms with Gasteiger partial charge in [0.05, 0.1) is 4.87 Å². The second kappa shape index (κ2) is 7.18. The Kier molecular flexibility index (Phi) is 5.18. The van der Waals surface area contributed by atoms with E-state index >= 15 is 0 Å². The lowest BCUT2D eigenvalue weighted by Gasteiger charge is -2.29. The number of hydrogen-bond acceptors (Lipinski definition) is 3. The summed E-state index contributed by atoms with van der Waals surface area (Å²) >= 11 is 1.72. The average Bonchev–Trinajstić information content (AvgIpc) is 3.06. The summed E-state index contributed by atoms with van der Waals surface area (Å²) in [4.78, 5) is 26.4. The van der Waals surface area contributed by atoms with Crippen molar-refractivity contribution >= 4 is 29.3 Å². The Morgan fingerprint density at radius 2 is 2.08 bits per heavy atom. The van der Waals surface area contributed by atoms with Crippen LogP contribution >= 0.6 is 11.8 Å². The summed E-state index contributed by atoms with van der Waals surface area (Å²) in [5, 5.41) is 2.98. The third-order valence-corrected chi connectivity index (χ3v) is 6.54. The van der Waals surface area contributed by atoms with Crippen molar-refractivity contribution in [1.82, 2.24) is 4.90 Å². The summed E-state index contributed by atoms with van der Waals surface area (Å²) in [6, 6.07) is 7.75. The molecule has 2 fully saturated rings. The maximum atomic E-state index is 12.6. The fourth-order valence-electron chi connectivity index (χ4n) is 3.57. The zero-order chi connectivity index (χ0) is 17.2. The molecule has 2 atom stereocenters. The van der Waals surface area contributed by atoms with E-state index in [0.717, 1.165) is 18.5 Å². The van der Waals surface area contributed by atoms with Gasteiger partial charge >= 0.3 is 0 Å². The minimum Gasteiger partial charge on any atom is -0.324 e. The number of thioether (sulfide) groups is 1. The minimum absolute atomic E-state index is 0.0693. The van der Waals surface area contributed by atoms with Crippen LogP contribution in [0.25, 0.3) is 0 Å². The summed E-state index contributed by atoms with van der Waals surface area (Å²) in [6.07, 6.45) is 6.16. The van der Waals surface area contributed by atoms with Crippen LogP contribution in [-0.2, 0) is 16.0 Å². The topological polar surface area (TPSA) is 49.4 Å². The number of anilines is 1. The first-order valence-corrected chi connectivity index (χ1v) is 9.88. The Morgan fingerprint density at radius 3 is 2.79 bits per heavy atom. The van der Waals surface area contributed by atoms with E-state index in [1.54, 1.807) is 16.7 Å². The van der Waals surface area contributed by atoms with E-state index in [-0.39, 0.29) is 22.7 Å². The quantitative estimate of drug-likeness (QED) is 0.797. The molecule has 0 aliphatic carbocycles. The molecule has 0 bridgehead atoms. The van der Waals surface area contributed by atoms with Crippen molar-refractivity contribution in [2.24, 2.45) is 0 Å². The van der Waals surface area contributed by atoms with Gasteiger partial charge in [-0.3, -0.25) is 9.59 Å². The summed E-state index contributed by atoms with van der Waals surface area (Å²) < 4.78 is 0. The van der Waals surface area contributed by atoms with Crippen molar-refractivity contribution < 1.29 is 9.59 Å². The number of nitrogens with zero attached hydrogens (tertiary/aromatic N) is 1. The summed E-state index contributed by atoms with van der Waals surface area (Å²) in [5.74, 6) is 0.720. The summed E-state index contributed by atoms with van der Waals surface area (Å²) in [6.45, 7) is 4.27. The van der Waals surface area contributed by atoms with Crippen molar-refractivity contribution in [3.63, 3.8) is 0 Å². The highest BCUT2D eigenvalue weighted by Crippen LogP contribution is 2.47. The van der Waals surface area contributed by atoms with Crippen molar-refractivity contribution in [2.75, 3.05) is 11.1 Å². The van der Waals surface area contributed by atoms with Gasteiger partial charge in [-0.2, -0.15) is 0 Å². The van der Waals surface area contributed by atoms with Gasteiger partial charge in [-0.15, -0.1) is 11.8 Å². The third-order valence-electron chi connectivity index (χ3n) is 5.04. The standard InChI is InChI=1S/C19H26N2O2S/c1-3-4-5-6-14-7-9-15(10-8-14)20-18(23)16-13-24-19(2)12-11-17(22)21(16)19/h7-10,16H,3-6,11-13H2,1-2H3,(H,20,23). The van der Waals surface area contributed by atoms with E-state index in [1.165, 1.54) is 24.8 Å². The second-order valence-corrected chi connectivity index (χ2v) is 8.41. The zero-order valence-corrected chi connectivity index (χ0v) is 15.3. The Morgan fingerprint density at radius 1 is 1.33 bits per heavy atom.